The first-order chi connectivity index (χ1) is 23.5. The Bertz CT molecular complexity index is 1680. The summed E-state index contributed by atoms with van der Waals surface area (Å²) in [6.45, 7) is 7.10. The molecule has 3 aliphatic rings. The van der Waals surface area contributed by atoms with Gasteiger partial charge < -0.3 is 29.0 Å². The molecule has 2 fully saturated rings. The first-order valence-electron chi connectivity index (χ1n) is 16.9. The monoisotopic (exact) mass is 691 g/mol. The Morgan fingerprint density at radius 1 is 1.14 bits per heavy atom. The molecule has 2 N–H and O–H groups in total. The Hall–Kier alpha value is -4.11. The fraction of sp³-hybridized carbons (Fsp3) is 0.514. The summed E-state index contributed by atoms with van der Waals surface area (Å²) in [5.74, 6) is -1.21. The standard InChI is InChI=1S/C35H45N5O8Si/c1-23-32(49(3,4)45)30(15-17-38-21-28(36-37-38)26(22-41)24-10-6-5-7-11-24)48-35(23)27-20-25(39-18-19-47-34(39)44)13-14-29(27)40(33(35)43)16-9-8-12-31(42)46-2/h5-7,10-11,13-14,20-21,23,26,30,32,41,45H,8-9,12,15-19,22H2,1-4H3/t23-,26?,30+,32-,35+/m1/s1. The van der Waals surface area contributed by atoms with Crippen molar-refractivity contribution in [3.8, 4) is 0 Å². The summed E-state index contributed by atoms with van der Waals surface area (Å²) in [5, 5.41) is 18.8. The van der Waals surface area contributed by atoms with Gasteiger partial charge in [-0.05, 0) is 56.1 Å². The molecule has 49 heavy (non-hydrogen) atoms. The van der Waals surface area contributed by atoms with Crippen LogP contribution in [0.25, 0.3) is 0 Å². The van der Waals surface area contributed by atoms with Gasteiger partial charge >= 0.3 is 12.1 Å². The lowest BCUT2D eigenvalue weighted by Gasteiger charge is -2.32. The number of aliphatic hydroxyl groups is 1. The summed E-state index contributed by atoms with van der Waals surface area (Å²) in [6, 6.07) is 15.2. The number of aliphatic hydroxyl groups excluding tert-OH is 1. The van der Waals surface area contributed by atoms with Crippen molar-refractivity contribution < 1.29 is 38.5 Å². The van der Waals surface area contributed by atoms with Crippen molar-refractivity contribution >= 4 is 37.7 Å². The van der Waals surface area contributed by atoms with Gasteiger partial charge in [0, 0.05) is 48.4 Å². The van der Waals surface area contributed by atoms with Crippen molar-refractivity contribution in [2.45, 2.75) is 75.4 Å². The maximum Gasteiger partial charge on any atom is 0.414 e. The van der Waals surface area contributed by atoms with Crippen molar-refractivity contribution in [2.24, 2.45) is 5.92 Å². The maximum atomic E-state index is 14.7. The summed E-state index contributed by atoms with van der Waals surface area (Å²) < 4.78 is 18.7. The van der Waals surface area contributed by atoms with Crippen LogP contribution in [-0.2, 0) is 35.9 Å². The summed E-state index contributed by atoms with van der Waals surface area (Å²) in [5.41, 5.74) is 1.87. The highest BCUT2D eigenvalue weighted by molar-refractivity contribution is 6.71. The largest absolute Gasteiger partial charge is 0.469 e. The van der Waals surface area contributed by atoms with Gasteiger partial charge in [0.2, 0.25) is 0 Å². The van der Waals surface area contributed by atoms with Gasteiger partial charge in [0.25, 0.3) is 5.91 Å². The molecule has 4 heterocycles. The van der Waals surface area contributed by atoms with Crippen molar-refractivity contribution in [1.29, 1.82) is 0 Å². The van der Waals surface area contributed by atoms with Crippen LogP contribution in [0, 0.1) is 5.92 Å². The fourth-order valence-corrected chi connectivity index (χ4v) is 10.5. The average molecular weight is 692 g/mol. The number of rotatable bonds is 13. The minimum atomic E-state index is -2.93. The van der Waals surface area contributed by atoms with Gasteiger partial charge in [-0.1, -0.05) is 42.5 Å². The molecular weight excluding hydrogens is 646 g/mol. The topological polar surface area (TPSA) is 157 Å². The SMILES string of the molecule is COC(=O)CCCCN1C(=O)[C@@]2(O[C@@H](CCn3cc(C(CO)c4ccccc4)nn3)[C@H]([Si](C)(C)O)[C@H]2C)c2cc(N3CCOC3=O)ccc21. The van der Waals surface area contributed by atoms with Crippen LogP contribution in [0.5, 0.6) is 0 Å². The van der Waals surface area contributed by atoms with E-state index in [-0.39, 0.29) is 48.9 Å². The third-order valence-corrected chi connectivity index (χ3v) is 12.7. The lowest BCUT2D eigenvalue weighted by atomic mass is 9.82. The summed E-state index contributed by atoms with van der Waals surface area (Å²) in [6.07, 6.45) is 2.75. The number of methoxy groups -OCH3 is 1. The number of carbonyl (C=O) groups excluding carboxylic acids is 3. The number of anilines is 2. The number of unbranched alkanes of at least 4 members (excludes halogenated alkanes) is 1. The van der Waals surface area contributed by atoms with E-state index >= 15 is 0 Å². The van der Waals surface area contributed by atoms with Crippen LogP contribution in [0.3, 0.4) is 0 Å². The fourth-order valence-electron chi connectivity index (χ4n) is 7.89. The average Bonchev–Trinajstić information content (AvgIpc) is 3.85. The van der Waals surface area contributed by atoms with Crippen molar-refractivity contribution in [1.82, 2.24) is 15.0 Å². The predicted molar refractivity (Wildman–Crippen MR) is 183 cm³/mol. The van der Waals surface area contributed by atoms with Gasteiger partial charge in [-0.25, -0.2) is 4.79 Å². The summed E-state index contributed by atoms with van der Waals surface area (Å²) >= 11 is 0. The molecule has 1 unspecified atom stereocenters. The van der Waals surface area contributed by atoms with Crippen LogP contribution >= 0.6 is 0 Å². The van der Waals surface area contributed by atoms with E-state index in [0.717, 1.165) is 5.56 Å². The van der Waals surface area contributed by atoms with Gasteiger partial charge in [-0.2, -0.15) is 0 Å². The third-order valence-electron chi connectivity index (χ3n) is 10.2. The molecule has 6 rings (SSSR count). The number of esters is 1. The Morgan fingerprint density at radius 2 is 1.92 bits per heavy atom. The zero-order valence-corrected chi connectivity index (χ0v) is 29.4. The number of nitrogens with zero attached hydrogens (tertiary/aromatic N) is 5. The van der Waals surface area contributed by atoms with Crippen molar-refractivity contribution in [3.05, 3.63) is 71.5 Å². The van der Waals surface area contributed by atoms with E-state index < -0.39 is 26.1 Å². The Kier molecular flexibility index (Phi) is 9.94. The van der Waals surface area contributed by atoms with E-state index in [1.54, 1.807) is 14.5 Å². The predicted octanol–water partition coefficient (Wildman–Crippen LogP) is 3.94. The van der Waals surface area contributed by atoms with Crippen molar-refractivity contribution in [3.63, 3.8) is 0 Å². The van der Waals surface area contributed by atoms with Gasteiger partial charge in [0.15, 0.2) is 13.9 Å². The maximum absolute atomic E-state index is 14.7. The van der Waals surface area contributed by atoms with E-state index in [1.807, 2.05) is 74.7 Å². The third kappa shape index (κ3) is 6.49. The number of cyclic esters (lactones) is 1. The molecule has 0 saturated carbocycles. The minimum absolute atomic E-state index is 0.112. The van der Waals surface area contributed by atoms with E-state index in [1.165, 1.54) is 7.11 Å². The van der Waals surface area contributed by atoms with Gasteiger partial charge in [0.1, 0.15) is 6.61 Å². The molecule has 14 heteroatoms. The smallest absolute Gasteiger partial charge is 0.414 e. The second-order valence-corrected chi connectivity index (χ2v) is 17.6. The highest BCUT2D eigenvalue weighted by Crippen LogP contribution is 2.60. The summed E-state index contributed by atoms with van der Waals surface area (Å²) in [7, 11) is -1.57. The zero-order valence-electron chi connectivity index (χ0n) is 28.4. The lowest BCUT2D eigenvalue weighted by molar-refractivity contribution is -0.146. The van der Waals surface area contributed by atoms with Gasteiger partial charge in [0.05, 0.1) is 43.7 Å². The number of hydrogen-bond donors (Lipinski definition) is 2. The van der Waals surface area contributed by atoms with Crippen molar-refractivity contribution in [2.75, 3.05) is 43.2 Å². The van der Waals surface area contributed by atoms with Gasteiger partial charge in [-0.3, -0.25) is 19.2 Å². The second kappa shape index (κ2) is 14.0. The number of ether oxygens (including phenoxy) is 3. The molecule has 0 radical (unpaired) electrons. The molecule has 2 saturated heterocycles. The Balaban J connectivity index is 1.30. The number of carbonyl (C=O) groups is 3. The molecule has 3 aromatic rings. The number of hydrogen-bond acceptors (Lipinski definition) is 10. The number of aryl methyl sites for hydroxylation is 1. The van der Waals surface area contributed by atoms with E-state index in [0.29, 0.717) is 61.5 Å². The zero-order chi connectivity index (χ0) is 34.9. The van der Waals surface area contributed by atoms with Crippen LogP contribution in [-0.4, -0.2) is 90.7 Å². The highest BCUT2D eigenvalue weighted by Gasteiger charge is 2.66. The number of aromatic nitrogens is 3. The van der Waals surface area contributed by atoms with E-state index in [9.17, 15) is 24.3 Å². The molecule has 2 amide bonds. The normalized spacial score (nSPS) is 24.1. The molecule has 1 aromatic heterocycles. The molecule has 0 aliphatic carbocycles. The van der Waals surface area contributed by atoms with E-state index in [2.05, 4.69) is 10.3 Å². The van der Waals surface area contributed by atoms with Crippen LogP contribution in [0.4, 0.5) is 16.2 Å². The molecule has 1 spiro atoms. The van der Waals surface area contributed by atoms with Crippen LogP contribution in [0.1, 0.15) is 55.3 Å². The van der Waals surface area contributed by atoms with Gasteiger partial charge in [-0.15, -0.1) is 5.10 Å². The molecule has 2 aromatic carbocycles. The Morgan fingerprint density at radius 3 is 2.59 bits per heavy atom. The molecule has 13 nitrogen and oxygen atoms in total. The summed E-state index contributed by atoms with van der Waals surface area (Å²) in [4.78, 5) is 54.0. The first-order valence-corrected chi connectivity index (χ1v) is 20.0. The number of fused-ring (bicyclic) bond motifs is 2. The molecule has 3 aliphatic heterocycles. The minimum Gasteiger partial charge on any atom is -0.469 e. The molecule has 262 valence electrons. The molecule has 0 bridgehead atoms. The number of amides is 2. The van der Waals surface area contributed by atoms with Crippen LogP contribution in [0.15, 0.2) is 54.7 Å². The quantitative estimate of drug-likeness (QED) is 0.153. The number of benzene rings is 2. The van der Waals surface area contributed by atoms with Crippen LogP contribution < -0.4 is 9.80 Å². The Labute approximate surface area is 286 Å². The lowest BCUT2D eigenvalue weighted by Crippen LogP contribution is -2.46. The second-order valence-electron chi connectivity index (χ2n) is 13.7. The van der Waals surface area contributed by atoms with E-state index in [4.69, 9.17) is 14.2 Å². The van der Waals surface area contributed by atoms with Crippen LogP contribution in [0.2, 0.25) is 18.6 Å². The molecule has 5 atom stereocenters. The molecular formula is C35H45N5O8Si. The first kappa shape index (κ1) is 34.7. The highest BCUT2D eigenvalue weighted by atomic mass is 28.4.